The predicted octanol–water partition coefficient (Wildman–Crippen LogP) is 2.51. The van der Waals surface area contributed by atoms with Crippen LogP contribution >= 0.6 is 11.6 Å². The molecular weight excluding hydrogens is 356 g/mol. The standard InChI is InChI=1S/C19H23ClN2O4/c1-12-2-3-13(4-16(12)20)9-25-10-14-7-22(8-14)17(23)15-5-19(6-15)11-26-18(24)21-19/h2-4,14-15H,5-11H2,1H3,(H,21,24). The molecule has 0 aromatic heterocycles. The molecule has 0 bridgehead atoms. The quantitative estimate of drug-likeness (QED) is 0.854. The molecule has 3 aliphatic rings. The van der Waals surface area contributed by atoms with Crippen molar-refractivity contribution in [1.82, 2.24) is 10.2 Å². The van der Waals surface area contributed by atoms with Crippen LogP contribution in [-0.4, -0.2) is 48.7 Å². The first-order chi connectivity index (χ1) is 12.4. The van der Waals surface area contributed by atoms with Gasteiger partial charge < -0.3 is 19.7 Å². The Morgan fingerprint density at radius 1 is 1.42 bits per heavy atom. The Hall–Kier alpha value is -1.79. The van der Waals surface area contributed by atoms with Gasteiger partial charge in [-0.2, -0.15) is 0 Å². The van der Waals surface area contributed by atoms with Crippen molar-refractivity contribution >= 4 is 23.6 Å². The number of hydrogen-bond donors (Lipinski definition) is 1. The van der Waals surface area contributed by atoms with Gasteiger partial charge >= 0.3 is 6.09 Å². The second-order valence-electron chi connectivity index (χ2n) is 7.79. The number of carbonyl (C=O) groups excluding carboxylic acids is 2. The fourth-order valence-electron chi connectivity index (χ4n) is 3.95. The van der Waals surface area contributed by atoms with Crippen LogP contribution in [0.3, 0.4) is 0 Å². The topological polar surface area (TPSA) is 67.9 Å². The van der Waals surface area contributed by atoms with Crippen molar-refractivity contribution in [3.05, 3.63) is 34.3 Å². The fourth-order valence-corrected chi connectivity index (χ4v) is 4.16. The van der Waals surface area contributed by atoms with E-state index in [2.05, 4.69) is 5.32 Å². The van der Waals surface area contributed by atoms with Gasteiger partial charge in [0, 0.05) is 29.9 Å². The number of nitrogens with zero attached hydrogens (tertiary/aromatic N) is 1. The van der Waals surface area contributed by atoms with Crippen LogP contribution in [0.4, 0.5) is 4.79 Å². The molecule has 1 aliphatic carbocycles. The van der Waals surface area contributed by atoms with Crippen molar-refractivity contribution in [2.45, 2.75) is 31.9 Å². The van der Waals surface area contributed by atoms with Gasteiger partial charge in [0.15, 0.2) is 0 Å². The zero-order chi connectivity index (χ0) is 18.3. The van der Waals surface area contributed by atoms with E-state index in [0.717, 1.165) is 29.2 Å². The normalized spacial score (nSPS) is 27.7. The Balaban J connectivity index is 1.15. The summed E-state index contributed by atoms with van der Waals surface area (Å²) >= 11 is 6.12. The maximum absolute atomic E-state index is 12.5. The molecule has 2 amide bonds. The lowest BCUT2D eigenvalue weighted by Crippen LogP contribution is -2.61. The van der Waals surface area contributed by atoms with E-state index in [1.54, 1.807) is 0 Å². The average molecular weight is 379 g/mol. The molecular formula is C19H23ClN2O4. The monoisotopic (exact) mass is 378 g/mol. The van der Waals surface area contributed by atoms with Gasteiger partial charge in [0.2, 0.25) is 5.91 Å². The second kappa shape index (κ2) is 6.74. The summed E-state index contributed by atoms with van der Waals surface area (Å²) in [5.74, 6) is 0.593. The predicted molar refractivity (Wildman–Crippen MR) is 95.9 cm³/mol. The molecule has 1 N–H and O–H groups in total. The molecule has 2 saturated heterocycles. The van der Waals surface area contributed by atoms with E-state index in [9.17, 15) is 9.59 Å². The molecule has 7 heteroatoms. The van der Waals surface area contributed by atoms with Crippen molar-refractivity contribution in [3.8, 4) is 0 Å². The number of carbonyl (C=O) groups is 2. The third-order valence-electron chi connectivity index (χ3n) is 5.60. The second-order valence-corrected chi connectivity index (χ2v) is 8.20. The van der Waals surface area contributed by atoms with E-state index < -0.39 is 0 Å². The van der Waals surface area contributed by atoms with Gasteiger partial charge in [-0.15, -0.1) is 0 Å². The summed E-state index contributed by atoms with van der Waals surface area (Å²) in [7, 11) is 0. The highest BCUT2D eigenvalue weighted by atomic mass is 35.5. The Labute approximate surface area is 157 Å². The minimum atomic E-state index is -0.369. The Bertz CT molecular complexity index is 726. The number of halogens is 1. The first-order valence-electron chi connectivity index (χ1n) is 9.01. The fraction of sp³-hybridized carbons (Fsp3) is 0.579. The Morgan fingerprint density at radius 2 is 2.19 bits per heavy atom. The number of benzene rings is 1. The lowest BCUT2D eigenvalue weighted by molar-refractivity contribution is -0.149. The molecule has 2 heterocycles. The number of alkyl carbamates (subject to hydrolysis) is 1. The average Bonchev–Trinajstić information content (AvgIpc) is 2.93. The summed E-state index contributed by atoms with van der Waals surface area (Å²) in [6.07, 6.45) is 0.999. The van der Waals surface area contributed by atoms with Gasteiger partial charge in [0.25, 0.3) is 0 Å². The molecule has 1 aromatic carbocycles. The molecule has 0 atom stereocenters. The number of likely N-dealkylation sites (tertiary alicyclic amines) is 1. The number of ether oxygens (including phenoxy) is 2. The van der Waals surface area contributed by atoms with Gasteiger partial charge in [0.1, 0.15) is 6.61 Å². The van der Waals surface area contributed by atoms with Gasteiger partial charge in [0.05, 0.1) is 18.8 Å². The molecule has 1 aromatic rings. The van der Waals surface area contributed by atoms with Crippen LogP contribution in [0.2, 0.25) is 5.02 Å². The molecule has 140 valence electrons. The van der Waals surface area contributed by atoms with Crippen molar-refractivity contribution in [1.29, 1.82) is 0 Å². The van der Waals surface area contributed by atoms with Crippen LogP contribution in [0.25, 0.3) is 0 Å². The third-order valence-corrected chi connectivity index (χ3v) is 6.00. The number of rotatable bonds is 5. The van der Waals surface area contributed by atoms with E-state index in [1.165, 1.54) is 0 Å². The van der Waals surface area contributed by atoms with Gasteiger partial charge in [-0.25, -0.2) is 4.79 Å². The number of cyclic esters (lactones) is 1. The highest BCUT2D eigenvalue weighted by molar-refractivity contribution is 6.31. The highest BCUT2D eigenvalue weighted by Crippen LogP contribution is 2.42. The Morgan fingerprint density at radius 3 is 2.85 bits per heavy atom. The third kappa shape index (κ3) is 3.40. The van der Waals surface area contributed by atoms with Crippen LogP contribution < -0.4 is 5.32 Å². The van der Waals surface area contributed by atoms with E-state index in [0.29, 0.717) is 38.6 Å². The summed E-state index contributed by atoms with van der Waals surface area (Å²) in [6.45, 7) is 5.04. The molecule has 0 radical (unpaired) electrons. The largest absolute Gasteiger partial charge is 0.447 e. The number of hydrogen-bond acceptors (Lipinski definition) is 4. The van der Waals surface area contributed by atoms with Crippen LogP contribution in [0.15, 0.2) is 18.2 Å². The molecule has 26 heavy (non-hydrogen) atoms. The Kier molecular flexibility index (Phi) is 4.57. The summed E-state index contributed by atoms with van der Waals surface area (Å²) in [6, 6.07) is 5.95. The smallest absolute Gasteiger partial charge is 0.407 e. The van der Waals surface area contributed by atoms with Gasteiger partial charge in [-0.1, -0.05) is 23.7 Å². The van der Waals surface area contributed by atoms with Crippen molar-refractivity contribution in [2.75, 3.05) is 26.3 Å². The summed E-state index contributed by atoms with van der Waals surface area (Å²) < 4.78 is 10.7. The van der Waals surface area contributed by atoms with Crippen LogP contribution in [0.1, 0.15) is 24.0 Å². The van der Waals surface area contributed by atoms with E-state index in [1.807, 2.05) is 30.0 Å². The molecule has 6 nitrogen and oxygen atoms in total. The van der Waals surface area contributed by atoms with Crippen molar-refractivity contribution in [2.24, 2.45) is 11.8 Å². The maximum atomic E-state index is 12.5. The lowest BCUT2D eigenvalue weighted by atomic mass is 9.68. The number of nitrogens with one attached hydrogen (secondary N) is 1. The van der Waals surface area contributed by atoms with Crippen LogP contribution in [-0.2, 0) is 20.9 Å². The van der Waals surface area contributed by atoms with Gasteiger partial charge in [-0.3, -0.25) is 4.79 Å². The summed E-state index contributed by atoms with van der Waals surface area (Å²) in [5, 5.41) is 3.58. The molecule has 4 rings (SSSR count). The zero-order valence-electron chi connectivity index (χ0n) is 14.8. The molecule has 2 aliphatic heterocycles. The minimum absolute atomic E-state index is 0.00793. The van der Waals surface area contributed by atoms with Crippen molar-refractivity contribution in [3.63, 3.8) is 0 Å². The van der Waals surface area contributed by atoms with Crippen LogP contribution in [0.5, 0.6) is 0 Å². The number of amides is 2. The zero-order valence-corrected chi connectivity index (χ0v) is 15.6. The van der Waals surface area contributed by atoms with Crippen molar-refractivity contribution < 1.29 is 19.1 Å². The molecule has 0 unspecified atom stereocenters. The summed E-state index contributed by atoms with van der Waals surface area (Å²) in [4.78, 5) is 25.5. The SMILES string of the molecule is Cc1ccc(COCC2CN(C(=O)C3CC4(COC(=O)N4)C3)C2)cc1Cl. The van der Waals surface area contributed by atoms with Crippen LogP contribution in [0, 0.1) is 18.8 Å². The molecule has 3 fully saturated rings. The van der Waals surface area contributed by atoms with E-state index in [4.69, 9.17) is 21.1 Å². The summed E-state index contributed by atoms with van der Waals surface area (Å²) in [5.41, 5.74) is 1.83. The minimum Gasteiger partial charge on any atom is -0.447 e. The van der Waals surface area contributed by atoms with E-state index >= 15 is 0 Å². The highest BCUT2D eigenvalue weighted by Gasteiger charge is 2.54. The first kappa shape index (κ1) is 17.6. The lowest BCUT2D eigenvalue weighted by Gasteiger charge is -2.47. The maximum Gasteiger partial charge on any atom is 0.407 e. The number of aryl methyl sites for hydroxylation is 1. The molecule has 1 spiro atoms. The van der Waals surface area contributed by atoms with Gasteiger partial charge in [-0.05, 0) is 37.0 Å². The molecule has 1 saturated carbocycles. The van der Waals surface area contributed by atoms with E-state index in [-0.39, 0.29) is 23.5 Å². The first-order valence-corrected chi connectivity index (χ1v) is 9.38.